The predicted octanol–water partition coefficient (Wildman–Crippen LogP) is 3.66. The van der Waals surface area contributed by atoms with Gasteiger partial charge in [0.2, 0.25) is 0 Å². The highest BCUT2D eigenvalue weighted by atomic mass is 16.5. The van der Waals surface area contributed by atoms with Crippen molar-refractivity contribution in [1.29, 1.82) is 0 Å². The Bertz CT molecular complexity index is 996. The molecule has 28 heavy (non-hydrogen) atoms. The number of H-pyrrole nitrogens is 1. The number of fused-ring (bicyclic) bond motifs is 1. The third-order valence-electron chi connectivity index (χ3n) is 5.38. The van der Waals surface area contributed by atoms with Crippen LogP contribution in [0, 0.1) is 13.8 Å². The lowest BCUT2D eigenvalue weighted by Crippen LogP contribution is -2.30. The van der Waals surface area contributed by atoms with Gasteiger partial charge in [0.1, 0.15) is 17.3 Å². The molecule has 1 aromatic carbocycles. The Kier molecular flexibility index (Phi) is 5.05. The molecule has 1 aliphatic heterocycles. The van der Waals surface area contributed by atoms with Crippen LogP contribution >= 0.6 is 0 Å². The number of imidazole rings is 1. The van der Waals surface area contributed by atoms with E-state index in [0.717, 1.165) is 71.5 Å². The summed E-state index contributed by atoms with van der Waals surface area (Å²) in [6.07, 6.45) is 2.82. The van der Waals surface area contributed by atoms with Gasteiger partial charge in [0.15, 0.2) is 0 Å². The predicted molar refractivity (Wildman–Crippen MR) is 109 cm³/mol. The minimum Gasteiger partial charge on any atom is -0.497 e. The second kappa shape index (κ2) is 7.64. The van der Waals surface area contributed by atoms with Gasteiger partial charge in [-0.2, -0.15) is 0 Å². The average Bonchev–Trinajstić information content (AvgIpc) is 3.14. The Balaban J connectivity index is 1.53. The summed E-state index contributed by atoms with van der Waals surface area (Å²) in [5.41, 5.74) is 6.64. The molecule has 2 aromatic heterocycles. The van der Waals surface area contributed by atoms with E-state index in [4.69, 9.17) is 14.5 Å². The maximum atomic E-state index is 5.55. The van der Waals surface area contributed by atoms with E-state index < -0.39 is 0 Å². The van der Waals surface area contributed by atoms with Crippen molar-refractivity contribution in [2.24, 2.45) is 0 Å². The fourth-order valence-electron chi connectivity index (χ4n) is 3.83. The van der Waals surface area contributed by atoms with Gasteiger partial charge in [0.25, 0.3) is 0 Å². The molecule has 1 aliphatic rings. The zero-order chi connectivity index (χ0) is 19.7. The Morgan fingerprint density at radius 3 is 2.82 bits per heavy atom. The molecule has 0 radical (unpaired) electrons. The van der Waals surface area contributed by atoms with Gasteiger partial charge in [-0.05, 0) is 26.0 Å². The summed E-state index contributed by atoms with van der Waals surface area (Å²) in [6, 6.07) is 7.99. The van der Waals surface area contributed by atoms with Crippen LogP contribution in [0.4, 0.5) is 0 Å². The van der Waals surface area contributed by atoms with Crippen LogP contribution in [0.15, 0.2) is 30.5 Å². The molecular weight excluding hydrogens is 352 g/mol. The van der Waals surface area contributed by atoms with Gasteiger partial charge in [-0.3, -0.25) is 9.88 Å². The fourth-order valence-corrected chi connectivity index (χ4v) is 3.83. The molecule has 6 nitrogen and oxygen atoms in total. The van der Waals surface area contributed by atoms with Crippen molar-refractivity contribution in [1.82, 2.24) is 19.9 Å². The topological polar surface area (TPSA) is 63.3 Å². The standard InChI is InChI=1S/C22H26N4O2/c1-14-11-23-19(15(2)21(14)28-4)12-26-9-8-18-20(13-26)25-22(24-18)16-6-5-7-17(10-16)27-3/h5-7,10-11H,8-9,12-13H2,1-4H3,(H,24,25). The SMILES string of the molecule is COc1cccc(-c2nc3c([nH]2)CN(Cc2ncc(C)c(OC)c2C)CC3)c1. The van der Waals surface area contributed by atoms with Crippen molar-refractivity contribution in [2.45, 2.75) is 33.4 Å². The number of pyridine rings is 1. The molecule has 0 unspecified atom stereocenters. The van der Waals surface area contributed by atoms with Crippen molar-refractivity contribution in [3.05, 3.63) is 58.7 Å². The van der Waals surface area contributed by atoms with E-state index in [1.165, 1.54) is 5.69 Å². The normalized spacial score (nSPS) is 14.0. The van der Waals surface area contributed by atoms with Gasteiger partial charge in [-0.25, -0.2) is 4.98 Å². The summed E-state index contributed by atoms with van der Waals surface area (Å²) in [4.78, 5) is 15.4. The van der Waals surface area contributed by atoms with Crippen LogP contribution in [0.3, 0.4) is 0 Å². The summed E-state index contributed by atoms with van der Waals surface area (Å²) in [7, 11) is 3.40. The third-order valence-corrected chi connectivity index (χ3v) is 5.38. The Hall–Kier alpha value is -2.86. The minimum atomic E-state index is 0.801. The second-order valence-electron chi connectivity index (χ2n) is 7.25. The van der Waals surface area contributed by atoms with Crippen LogP contribution in [0.2, 0.25) is 0 Å². The van der Waals surface area contributed by atoms with Crippen molar-refractivity contribution < 1.29 is 9.47 Å². The van der Waals surface area contributed by atoms with Gasteiger partial charge < -0.3 is 14.5 Å². The zero-order valence-corrected chi connectivity index (χ0v) is 16.9. The number of aryl methyl sites for hydroxylation is 1. The van der Waals surface area contributed by atoms with Crippen LogP contribution in [-0.4, -0.2) is 40.6 Å². The van der Waals surface area contributed by atoms with E-state index in [1.54, 1.807) is 14.2 Å². The largest absolute Gasteiger partial charge is 0.497 e. The molecule has 0 amide bonds. The molecule has 146 valence electrons. The van der Waals surface area contributed by atoms with Crippen LogP contribution < -0.4 is 9.47 Å². The van der Waals surface area contributed by atoms with Crippen molar-refractivity contribution in [3.8, 4) is 22.9 Å². The molecule has 1 N–H and O–H groups in total. The van der Waals surface area contributed by atoms with Crippen molar-refractivity contribution in [2.75, 3.05) is 20.8 Å². The van der Waals surface area contributed by atoms with Crippen LogP contribution in [0.5, 0.6) is 11.5 Å². The number of aromatic nitrogens is 3. The van der Waals surface area contributed by atoms with E-state index >= 15 is 0 Å². The maximum Gasteiger partial charge on any atom is 0.137 e. The first-order valence-corrected chi connectivity index (χ1v) is 9.52. The van der Waals surface area contributed by atoms with E-state index in [2.05, 4.69) is 27.9 Å². The molecule has 4 rings (SSSR count). The third kappa shape index (κ3) is 3.47. The first-order chi connectivity index (χ1) is 13.6. The maximum absolute atomic E-state index is 5.55. The number of rotatable bonds is 5. The van der Waals surface area contributed by atoms with Gasteiger partial charge in [0.05, 0.1) is 31.3 Å². The Labute approximate surface area is 165 Å². The summed E-state index contributed by atoms with van der Waals surface area (Å²) < 4.78 is 10.9. The quantitative estimate of drug-likeness (QED) is 0.734. The highest BCUT2D eigenvalue weighted by Crippen LogP contribution is 2.28. The van der Waals surface area contributed by atoms with Gasteiger partial charge in [0, 0.05) is 48.9 Å². The first kappa shape index (κ1) is 18.5. The molecule has 0 spiro atoms. The van der Waals surface area contributed by atoms with Gasteiger partial charge >= 0.3 is 0 Å². The minimum absolute atomic E-state index is 0.801. The monoisotopic (exact) mass is 378 g/mol. The number of ether oxygens (including phenoxy) is 2. The summed E-state index contributed by atoms with van der Waals surface area (Å²) in [5, 5.41) is 0. The van der Waals surface area contributed by atoms with E-state index in [1.807, 2.05) is 31.3 Å². The van der Waals surface area contributed by atoms with E-state index in [0.29, 0.717) is 0 Å². The molecule has 0 atom stereocenters. The van der Waals surface area contributed by atoms with Gasteiger partial charge in [-0.15, -0.1) is 0 Å². The number of aromatic amines is 1. The molecule has 3 heterocycles. The van der Waals surface area contributed by atoms with Crippen LogP contribution in [-0.2, 0) is 19.5 Å². The van der Waals surface area contributed by atoms with Crippen molar-refractivity contribution >= 4 is 0 Å². The van der Waals surface area contributed by atoms with Crippen LogP contribution in [0.25, 0.3) is 11.4 Å². The van der Waals surface area contributed by atoms with Crippen molar-refractivity contribution in [3.63, 3.8) is 0 Å². The number of hydrogen-bond acceptors (Lipinski definition) is 5. The highest BCUT2D eigenvalue weighted by molar-refractivity contribution is 5.58. The zero-order valence-electron chi connectivity index (χ0n) is 16.9. The molecule has 0 saturated heterocycles. The Morgan fingerprint density at radius 1 is 1.18 bits per heavy atom. The second-order valence-corrected chi connectivity index (χ2v) is 7.25. The fraction of sp³-hybridized carbons (Fsp3) is 0.364. The summed E-state index contributed by atoms with van der Waals surface area (Å²) in [6.45, 7) is 6.72. The number of nitrogens with zero attached hydrogens (tertiary/aromatic N) is 3. The molecule has 0 aliphatic carbocycles. The summed E-state index contributed by atoms with van der Waals surface area (Å²) >= 11 is 0. The van der Waals surface area contributed by atoms with E-state index in [-0.39, 0.29) is 0 Å². The van der Waals surface area contributed by atoms with Crippen LogP contribution in [0.1, 0.15) is 28.2 Å². The number of hydrogen-bond donors (Lipinski definition) is 1. The van der Waals surface area contributed by atoms with Gasteiger partial charge in [-0.1, -0.05) is 12.1 Å². The average molecular weight is 378 g/mol. The molecule has 0 fully saturated rings. The number of benzene rings is 1. The lowest BCUT2D eigenvalue weighted by atomic mass is 10.1. The first-order valence-electron chi connectivity index (χ1n) is 9.52. The molecule has 6 heteroatoms. The van der Waals surface area contributed by atoms with E-state index in [9.17, 15) is 0 Å². The number of nitrogens with one attached hydrogen (secondary N) is 1. The lowest BCUT2D eigenvalue weighted by molar-refractivity contribution is 0.237. The lowest BCUT2D eigenvalue weighted by Gasteiger charge is -2.26. The molecule has 3 aromatic rings. The smallest absolute Gasteiger partial charge is 0.137 e. The highest BCUT2D eigenvalue weighted by Gasteiger charge is 2.22. The molecular formula is C22H26N4O2. The Morgan fingerprint density at radius 2 is 2.04 bits per heavy atom. The molecule has 0 bridgehead atoms. The number of methoxy groups -OCH3 is 2. The molecule has 0 saturated carbocycles. The summed E-state index contributed by atoms with van der Waals surface area (Å²) in [5.74, 6) is 2.67.